The van der Waals surface area contributed by atoms with Crippen LogP contribution in [0.25, 0.3) is 0 Å². The smallest absolute Gasteiger partial charge is 0.271 e. The van der Waals surface area contributed by atoms with E-state index in [4.69, 9.17) is 27.9 Å². The average molecular weight is 589 g/mol. The van der Waals surface area contributed by atoms with Crippen LogP contribution in [0.5, 0.6) is 5.75 Å². The number of halogens is 2. The molecule has 2 aromatic rings. The highest BCUT2D eigenvalue weighted by Gasteiger charge is 2.33. The first-order chi connectivity index (χ1) is 17.7. The number of rotatable bonds is 12. The van der Waals surface area contributed by atoms with Gasteiger partial charge in [0.25, 0.3) is 5.69 Å². The van der Waals surface area contributed by atoms with Gasteiger partial charge < -0.3 is 15.0 Å². The molecule has 2 amide bonds. The van der Waals surface area contributed by atoms with Crippen molar-refractivity contribution in [3.8, 4) is 5.75 Å². The number of benzene rings is 2. The highest BCUT2D eigenvalue weighted by atomic mass is 35.5. The second kappa shape index (κ2) is 13.1. The van der Waals surface area contributed by atoms with E-state index in [1.54, 1.807) is 18.2 Å². The average Bonchev–Trinajstić information content (AvgIpc) is 2.85. The third-order valence-corrected chi connectivity index (χ3v) is 7.71. The number of sulfonamides is 1. The molecular formula is C24H30Cl2N4O7S. The highest BCUT2D eigenvalue weighted by molar-refractivity contribution is 7.92. The fourth-order valence-electron chi connectivity index (χ4n) is 3.48. The zero-order valence-electron chi connectivity index (χ0n) is 21.6. The van der Waals surface area contributed by atoms with Crippen molar-refractivity contribution in [1.29, 1.82) is 0 Å². The summed E-state index contributed by atoms with van der Waals surface area (Å²) in [5.41, 5.74) is -0.237. The number of nitrogens with one attached hydrogen (secondary N) is 1. The van der Waals surface area contributed by atoms with Crippen LogP contribution in [-0.2, 0) is 26.2 Å². The Hall–Kier alpha value is -3.09. The number of non-ortho nitro benzene ring substituents is 1. The summed E-state index contributed by atoms with van der Waals surface area (Å²) in [4.78, 5) is 38.5. The first-order valence-electron chi connectivity index (χ1n) is 11.5. The lowest BCUT2D eigenvalue weighted by molar-refractivity contribution is -0.384. The van der Waals surface area contributed by atoms with Gasteiger partial charge in [0.15, 0.2) is 0 Å². The second-order valence-electron chi connectivity index (χ2n) is 8.60. The van der Waals surface area contributed by atoms with E-state index in [9.17, 15) is 28.1 Å². The van der Waals surface area contributed by atoms with Crippen LogP contribution in [0.15, 0.2) is 36.4 Å². The second-order valence-corrected chi connectivity index (χ2v) is 11.3. The molecule has 38 heavy (non-hydrogen) atoms. The fourth-order valence-corrected chi connectivity index (χ4v) is 4.85. The first-order valence-corrected chi connectivity index (χ1v) is 14.1. The molecule has 0 heterocycles. The fraction of sp³-hybridized carbons (Fsp3) is 0.417. The maximum Gasteiger partial charge on any atom is 0.271 e. The van der Waals surface area contributed by atoms with E-state index in [2.05, 4.69) is 5.32 Å². The van der Waals surface area contributed by atoms with E-state index < -0.39 is 45.0 Å². The number of hydrogen-bond acceptors (Lipinski definition) is 7. The van der Waals surface area contributed by atoms with Gasteiger partial charge in [0.05, 0.1) is 18.3 Å². The zero-order valence-corrected chi connectivity index (χ0v) is 23.9. The summed E-state index contributed by atoms with van der Waals surface area (Å²) < 4.78 is 31.5. The van der Waals surface area contributed by atoms with Crippen molar-refractivity contribution in [2.45, 2.75) is 45.8 Å². The third-order valence-electron chi connectivity index (χ3n) is 5.88. The molecule has 0 spiro atoms. The Balaban J connectivity index is 2.57. The number of carbonyl (C=O) groups is 2. The molecule has 0 aliphatic carbocycles. The van der Waals surface area contributed by atoms with Crippen LogP contribution < -0.4 is 14.4 Å². The van der Waals surface area contributed by atoms with E-state index in [0.717, 1.165) is 23.3 Å². The van der Waals surface area contributed by atoms with Gasteiger partial charge in [-0.25, -0.2) is 8.42 Å². The van der Waals surface area contributed by atoms with Crippen molar-refractivity contribution in [3.63, 3.8) is 0 Å². The van der Waals surface area contributed by atoms with Crippen LogP contribution in [0.2, 0.25) is 10.0 Å². The standard InChI is InChI=1S/C24H30Cl2N4O7S/c1-6-15(2)27-24(32)16(3)28(13-18-19(25)8-7-9-20(18)26)23(31)14-29(38(5,35)36)21-12-17(30(33)34)10-11-22(21)37-4/h7-12,15-16H,6,13-14H2,1-5H3,(H,27,32). The van der Waals surface area contributed by atoms with Gasteiger partial charge in [-0.15, -0.1) is 0 Å². The number of carbonyl (C=O) groups excluding carboxylic acids is 2. The SMILES string of the molecule is CCC(C)NC(=O)C(C)N(Cc1c(Cl)cccc1Cl)C(=O)CN(c1cc([N+](=O)[O-])ccc1OC)S(C)(=O)=O. The summed E-state index contributed by atoms with van der Waals surface area (Å²) >= 11 is 12.6. The Bertz CT molecular complexity index is 1290. The van der Waals surface area contributed by atoms with Gasteiger partial charge in [-0.05, 0) is 38.5 Å². The molecule has 0 aromatic heterocycles. The molecule has 1 N–H and O–H groups in total. The van der Waals surface area contributed by atoms with Gasteiger partial charge >= 0.3 is 0 Å². The number of amides is 2. The Morgan fingerprint density at radius 3 is 2.26 bits per heavy atom. The van der Waals surface area contributed by atoms with Crippen LogP contribution in [-0.4, -0.2) is 62.0 Å². The third kappa shape index (κ3) is 7.71. The molecule has 0 fully saturated rings. The zero-order chi connectivity index (χ0) is 28.8. The van der Waals surface area contributed by atoms with E-state index in [-0.39, 0.29) is 34.1 Å². The summed E-state index contributed by atoms with van der Waals surface area (Å²) in [5.74, 6) is -1.24. The maximum absolute atomic E-state index is 13.7. The Labute approximate surface area is 231 Å². The minimum absolute atomic E-state index is 0.00270. The van der Waals surface area contributed by atoms with Crippen LogP contribution in [0.4, 0.5) is 11.4 Å². The quantitative estimate of drug-likeness (QED) is 0.292. The number of ether oxygens (including phenoxy) is 1. The van der Waals surface area contributed by atoms with Crippen molar-refractivity contribution in [3.05, 3.63) is 62.1 Å². The molecule has 2 rings (SSSR count). The van der Waals surface area contributed by atoms with Gasteiger partial charge in [-0.2, -0.15) is 0 Å². The highest BCUT2D eigenvalue weighted by Crippen LogP contribution is 2.34. The molecule has 0 saturated heterocycles. The molecule has 0 bridgehead atoms. The molecule has 2 atom stereocenters. The van der Waals surface area contributed by atoms with Crippen molar-refractivity contribution in [2.75, 3.05) is 24.2 Å². The molecule has 0 radical (unpaired) electrons. The predicted molar refractivity (Wildman–Crippen MR) is 146 cm³/mol. The number of nitrogens with zero attached hydrogens (tertiary/aromatic N) is 3. The maximum atomic E-state index is 13.7. The minimum atomic E-state index is -4.15. The largest absolute Gasteiger partial charge is 0.495 e. The van der Waals surface area contributed by atoms with Crippen molar-refractivity contribution >= 4 is 56.4 Å². The number of hydrogen-bond donors (Lipinski definition) is 1. The normalized spacial score (nSPS) is 12.8. The lowest BCUT2D eigenvalue weighted by Gasteiger charge is -2.32. The summed E-state index contributed by atoms with van der Waals surface area (Å²) in [6.45, 7) is 4.22. The van der Waals surface area contributed by atoms with E-state index in [1.165, 1.54) is 20.1 Å². The van der Waals surface area contributed by atoms with Crippen LogP contribution >= 0.6 is 23.2 Å². The summed E-state index contributed by atoms with van der Waals surface area (Å²) in [6, 6.07) is 6.95. The molecule has 0 saturated carbocycles. The number of anilines is 1. The van der Waals surface area contributed by atoms with E-state index in [1.807, 2.05) is 13.8 Å². The molecule has 208 valence electrons. The Morgan fingerprint density at radius 1 is 1.16 bits per heavy atom. The Morgan fingerprint density at radius 2 is 1.76 bits per heavy atom. The molecule has 0 aliphatic heterocycles. The molecular weight excluding hydrogens is 559 g/mol. The molecule has 2 unspecified atom stereocenters. The monoisotopic (exact) mass is 588 g/mol. The van der Waals surface area contributed by atoms with Gasteiger partial charge in [-0.3, -0.25) is 24.0 Å². The van der Waals surface area contributed by atoms with Gasteiger partial charge in [-0.1, -0.05) is 36.2 Å². The van der Waals surface area contributed by atoms with Crippen molar-refractivity contribution < 1.29 is 27.7 Å². The van der Waals surface area contributed by atoms with Gasteiger partial charge in [0.1, 0.15) is 24.0 Å². The number of methoxy groups -OCH3 is 1. The predicted octanol–water partition coefficient (Wildman–Crippen LogP) is 4.01. The number of nitro benzene ring substituents is 1. The molecule has 2 aromatic carbocycles. The first kappa shape index (κ1) is 31.1. The Kier molecular flexibility index (Phi) is 10.7. The van der Waals surface area contributed by atoms with Crippen molar-refractivity contribution in [2.24, 2.45) is 0 Å². The lowest BCUT2D eigenvalue weighted by Crippen LogP contribution is -2.52. The van der Waals surface area contributed by atoms with Gasteiger partial charge in [0.2, 0.25) is 21.8 Å². The van der Waals surface area contributed by atoms with Crippen LogP contribution in [0.3, 0.4) is 0 Å². The van der Waals surface area contributed by atoms with Crippen LogP contribution in [0, 0.1) is 10.1 Å². The van der Waals surface area contributed by atoms with E-state index >= 15 is 0 Å². The van der Waals surface area contributed by atoms with Crippen LogP contribution in [0.1, 0.15) is 32.8 Å². The number of nitro groups is 1. The lowest BCUT2D eigenvalue weighted by atomic mass is 10.1. The summed E-state index contributed by atoms with van der Waals surface area (Å²) in [5, 5.41) is 14.7. The summed E-state index contributed by atoms with van der Waals surface area (Å²) in [6.07, 6.45) is 1.50. The minimum Gasteiger partial charge on any atom is -0.495 e. The van der Waals surface area contributed by atoms with E-state index in [0.29, 0.717) is 16.3 Å². The molecule has 11 nitrogen and oxygen atoms in total. The topological polar surface area (TPSA) is 139 Å². The summed E-state index contributed by atoms with van der Waals surface area (Å²) in [7, 11) is -2.89. The molecule has 14 heteroatoms. The molecule has 0 aliphatic rings. The van der Waals surface area contributed by atoms with Gasteiger partial charge in [0, 0.05) is 40.3 Å². The van der Waals surface area contributed by atoms with Crippen molar-refractivity contribution in [1.82, 2.24) is 10.2 Å².